The molecule has 0 unspecified atom stereocenters. The number of nitrogens with zero attached hydrogens (tertiary/aromatic N) is 6. The lowest BCUT2D eigenvalue weighted by atomic mass is 10.0. The summed E-state index contributed by atoms with van der Waals surface area (Å²) >= 11 is 0. The minimum Gasteiger partial charge on any atom is -0.351 e. The van der Waals surface area contributed by atoms with Crippen molar-refractivity contribution in [1.29, 1.82) is 0 Å². The minimum atomic E-state index is -0.322. The van der Waals surface area contributed by atoms with Crippen LogP contribution in [0.4, 0.5) is 5.69 Å². The first-order valence-electron chi connectivity index (χ1n) is 12.5. The van der Waals surface area contributed by atoms with Crippen LogP contribution in [0.5, 0.6) is 0 Å². The molecule has 0 saturated carbocycles. The van der Waals surface area contributed by atoms with Gasteiger partial charge in [-0.25, -0.2) is 4.52 Å². The van der Waals surface area contributed by atoms with Crippen LogP contribution in [0.1, 0.15) is 53.1 Å². The molecule has 37 heavy (non-hydrogen) atoms. The van der Waals surface area contributed by atoms with Gasteiger partial charge in [-0.05, 0) is 63.9 Å². The molecular formula is C27H32N8O2. The van der Waals surface area contributed by atoms with Gasteiger partial charge in [-0.3, -0.25) is 24.2 Å². The second-order valence-corrected chi connectivity index (χ2v) is 10.2. The molecule has 5 rings (SSSR count). The lowest BCUT2D eigenvalue weighted by Crippen LogP contribution is -2.43. The molecule has 0 aromatic carbocycles. The van der Waals surface area contributed by atoms with Crippen LogP contribution in [0.15, 0.2) is 49.2 Å². The molecule has 2 amide bonds. The summed E-state index contributed by atoms with van der Waals surface area (Å²) in [5.41, 5.74) is 4.66. The number of nitrogens with one attached hydrogen (secondary N) is 2. The van der Waals surface area contributed by atoms with Crippen LogP contribution in [0.25, 0.3) is 16.6 Å². The van der Waals surface area contributed by atoms with Crippen molar-refractivity contribution < 1.29 is 9.59 Å². The normalized spacial score (nSPS) is 15.2. The highest BCUT2D eigenvalue weighted by atomic mass is 16.2. The van der Waals surface area contributed by atoms with Gasteiger partial charge in [-0.2, -0.15) is 10.2 Å². The molecule has 5 heterocycles. The number of hydrogen-bond donors (Lipinski definition) is 2. The SMILES string of the molecule is Cc1ncc(C(=O)NCCN2CCCC2(C)C)cc1NC(=O)c1cnn2ccc(-c3cnn(C)c3)cc12. The van der Waals surface area contributed by atoms with Crippen molar-refractivity contribution in [2.45, 2.75) is 39.2 Å². The molecule has 192 valence electrons. The molecule has 0 spiro atoms. The maximum Gasteiger partial charge on any atom is 0.259 e. The molecule has 0 bridgehead atoms. The number of likely N-dealkylation sites (tertiary alicyclic amines) is 1. The predicted molar refractivity (Wildman–Crippen MR) is 142 cm³/mol. The summed E-state index contributed by atoms with van der Waals surface area (Å²) in [5.74, 6) is -0.533. The molecule has 1 aliphatic heterocycles. The number of aryl methyl sites for hydroxylation is 2. The van der Waals surface area contributed by atoms with Crippen molar-refractivity contribution in [1.82, 2.24) is 34.6 Å². The quantitative estimate of drug-likeness (QED) is 0.403. The highest BCUT2D eigenvalue weighted by molar-refractivity contribution is 6.09. The largest absolute Gasteiger partial charge is 0.351 e. The van der Waals surface area contributed by atoms with Gasteiger partial charge in [0.15, 0.2) is 0 Å². The maximum absolute atomic E-state index is 13.2. The lowest BCUT2D eigenvalue weighted by Gasteiger charge is -2.31. The van der Waals surface area contributed by atoms with Gasteiger partial charge < -0.3 is 10.6 Å². The van der Waals surface area contributed by atoms with Gasteiger partial charge in [-0.15, -0.1) is 0 Å². The van der Waals surface area contributed by atoms with E-state index < -0.39 is 0 Å². The highest BCUT2D eigenvalue weighted by Crippen LogP contribution is 2.27. The van der Waals surface area contributed by atoms with Crippen molar-refractivity contribution in [2.24, 2.45) is 7.05 Å². The van der Waals surface area contributed by atoms with E-state index in [1.807, 2.05) is 31.6 Å². The van der Waals surface area contributed by atoms with E-state index in [1.165, 1.54) is 25.2 Å². The Morgan fingerprint density at radius 2 is 1.92 bits per heavy atom. The fourth-order valence-electron chi connectivity index (χ4n) is 4.86. The average molecular weight is 501 g/mol. The molecule has 10 nitrogen and oxygen atoms in total. The van der Waals surface area contributed by atoms with Crippen LogP contribution in [-0.2, 0) is 7.05 Å². The lowest BCUT2D eigenvalue weighted by molar-refractivity contribution is 0.0938. The number of carbonyl (C=O) groups is 2. The molecule has 4 aromatic heterocycles. The average Bonchev–Trinajstić information content (AvgIpc) is 3.58. The number of hydrogen-bond acceptors (Lipinski definition) is 6. The van der Waals surface area contributed by atoms with Gasteiger partial charge in [0.25, 0.3) is 11.8 Å². The Morgan fingerprint density at radius 1 is 1.08 bits per heavy atom. The first kappa shape index (κ1) is 24.6. The molecule has 1 aliphatic rings. The Kier molecular flexibility index (Phi) is 6.51. The van der Waals surface area contributed by atoms with Gasteiger partial charge in [0.1, 0.15) is 0 Å². The highest BCUT2D eigenvalue weighted by Gasteiger charge is 2.31. The van der Waals surface area contributed by atoms with Gasteiger partial charge in [-0.1, -0.05) is 0 Å². The number of pyridine rings is 2. The number of fused-ring (bicyclic) bond motifs is 1. The van der Waals surface area contributed by atoms with E-state index >= 15 is 0 Å². The molecule has 4 aromatic rings. The monoisotopic (exact) mass is 500 g/mol. The van der Waals surface area contributed by atoms with Crippen molar-refractivity contribution in [3.05, 3.63) is 66.0 Å². The van der Waals surface area contributed by atoms with Gasteiger partial charge in [0, 0.05) is 49.8 Å². The Labute approximate surface area is 215 Å². The second-order valence-electron chi connectivity index (χ2n) is 10.2. The number of rotatable bonds is 7. The van der Waals surface area contributed by atoms with E-state index in [4.69, 9.17) is 0 Å². The maximum atomic E-state index is 13.2. The zero-order valence-electron chi connectivity index (χ0n) is 21.7. The first-order valence-corrected chi connectivity index (χ1v) is 12.5. The van der Waals surface area contributed by atoms with Crippen molar-refractivity contribution in [2.75, 3.05) is 25.0 Å². The molecular weight excluding hydrogens is 468 g/mol. The molecule has 0 aliphatic carbocycles. The molecule has 10 heteroatoms. The third-order valence-electron chi connectivity index (χ3n) is 7.14. The number of amides is 2. The van der Waals surface area contributed by atoms with Crippen LogP contribution in [-0.4, -0.2) is 66.3 Å². The Morgan fingerprint density at radius 3 is 2.65 bits per heavy atom. The number of aromatic nitrogens is 5. The summed E-state index contributed by atoms with van der Waals surface area (Å²) in [6, 6.07) is 5.51. The summed E-state index contributed by atoms with van der Waals surface area (Å²) in [6.45, 7) is 8.69. The van der Waals surface area contributed by atoms with E-state index in [9.17, 15) is 9.59 Å². The Bertz CT molecular complexity index is 1470. The third kappa shape index (κ3) is 5.10. The van der Waals surface area contributed by atoms with Crippen molar-refractivity contribution in [3.8, 4) is 11.1 Å². The number of carbonyl (C=O) groups excluding carboxylic acids is 2. The zero-order chi connectivity index (χ0) is 26.2. The van der Waals surface area contributed by atoms with E-state index in [2.05, 4.69) is 44.6 Å². The van der Waals surface area contributed by atoms with E-state index in [1.54, 1.807) is 28.4 Å². The van der Waals surface area contributed by atoms with E-state index in [0.29, 0.717) is 34.6 Å². The summed E-state index contributed by atoms with van der Waals surface area (Å²) in [6.07, 6.45) is 10.9. The van der Waals surface area contributed by atoms with Crippen molar-refractivity contribution in [3.63, 3.8) is 0 Å². The van der Waals surface area contributed by atoms with Crippen LogP contribution >= 0.6 is 0 Å². The Hall–Kier alpha value is -4.05. The van der Waals surface area contributed by atoms with E-state index in [-0.39, 0.29) is 17.4 Å². The van der Waals surface area contributed by atoms with Crippen LogP contribution in [0, 0.1) is 6.92 Å². The van der Waals surface area contributed by atoms with Crippen LogP contribution in [0.3, 0.4) is 0 Å². The third-order valence-corrected chi connectivity index (χ3v) is 7.14. The Balaban J connectivity index is 1.29. The fourth-order valence-corrected chi connectivity index (χ4v) is 4.86. The molecule has 2 N–H and O–H groups in total. The second kappa shape index (κ2) is 9.78. The summed E-state index contributed by atoms with van der Waals surface area (Å²) < 4.78 is 3.39. The molecule has 1 fully saturated rings. The summed E-state index contributed by atoms with van der Waals surface area (Å²) in [5, 5.41) is 14.4. The molecule has 0 atom stereocenters. The van der Waals surface area contributed by atoms with Gasteiger partial charge >= 0.3 is 0 Å². The summed E-state index contributed by atoms with van der Waals surface area (Å²) in [4.78, 5) is 32.8. The first-order chi connectivity index (χ1) is 17.7. The van der Waals surface area contributed by atoms with Crippen molar-refractivity contribution >= 4 is 23.0 Å². The predicted octanol–water partition coefficient (Wildman–Crippen LogP) is 3.29. The number of anilines is 1. The zero-order valence-corrected chi connectivity index (χ0v) is 21.7. The van der Waals surface area contributed by atoms with E-state index in [0.717, 1.165) is 24.2 Å². The smallest absolute Gasteiger partial charge is 0.259 e. The molecule has 0 radical (unpaired) electrons. The topological polar surface area (TPSA) is 109 Å². The van der Waals surface area contributed by atoms with Crippen LogP contribution < -0.4 is 10.6 Å². The summed E-state index contributed by atoms with van der Waals surface area (Å²) in [7, 11) is 1.86. The van der Waals surface area contributed by atoms with Gasteiger partial charge in [0.05, 0.1) is 40.4 Å². The van der Waals surface area contributed by atoms with Gasteiger partial charge in [0.2, 0.25) is 0 Å². The molecule has 1 saturated heterocycles. The standard InChI is InChI=1S/C27H32N8O2/c1-18-23(12-20(14-29-18)25(36)28-8-11-34-9-5-7-27(34,2)3)32-26(37)22-16-31-35-10-6-19(13-24(22)35)21-15-30-33(4)17-21/h6,10,12-17H,5,7-9,11H2,1-4H3,(H,28,36)(H,32,37). The fraction of sp³-hybridized carbons (Fsp3) is 0.370. The minimum absolute atomic E-state index is 0.171. The van der Waals surface area contributed by atoms with Crippen LogP contribution in [0.2, 0.25) is 0 Å².